The molecule has 7 nitrogen and oxygen atoms in total. The Hall–Kier alpha value is -5.22. The zero-order valence-electron chi connectivity index (χ0n) is 28.1. The number of fused-ring (bicyclic) bond motifs is 1. The molecule has 252 valence electrons. The fourth-order valence-electron chi connectivity index (χ4n) is 6.09. The van der Waals surface area contributed by atoms with Gasteiger partial charge in [-0.05, 0) is 0 Å². The molecule has 1 N–H and O–H groups in total. The zero-order chi connectivity index (χ0) is 35.2. The summed E-state index contributed by atoms with van der Waals surface area (Å²) >= 11 is -0.0923. The van der Waals surface area contributed by atoms with E-state index in [1.807, 2.05) is 29.1 Å². The standard InChI is InChI=1S/C42H35N5O2Se2/c1-2-3-4-11-26-46-44-40-35(38-23-20-34(50-38)27-30(28-43)42(48)49)21-22-36(41(40)45-46)39-25-24-37(51-39)29-16-18-33(19-17-29)47(31-12-7-5-8-13-31)32-14-9-6-10-15-32/h5-10,12-25,27H,2-4,11,26H2,1H3,(H,48,49)/b30-27+. The van der Waals surface area contributed by atoms with Gasteiger partial charge in [0.2, 0.25) is 0 Å². The van der Waals surface area contributed by atoms with Gasteiger partial charge in [-0.1, -0.05) is 0 Å². The molecule has 0 aliphatic carbocycles. The van der Waals surface area contributed by atoms with E-state index < -0.39 is 5.97 Å². The van der Waals surface area contributed by atoms with Crippen molar-refractivity contribution in [2.24, 2.45) is 0 Å². The number of para-hydroxylation sites is 2. The number of carboxylic acids is 1. The summed E-state index contributed by atoms with van der Waals surface area (Å²) in [6.45, 7) is 2.97. The summed E-state index contributed by atoms with van der Waals surface area (Å²) < 4.78 is 4.52. The summed E-state index contributed by atoms with van der Waals surface area (Å²) in [5.74, 6) is -1.21. The summed E-state index contributed by atoms with van der Waals surface area (Å²) in [5, 5.41) is 28.7. The topological polar surface area (TPSA) is 95.0 Å². The number of rotatable bonds is 13. The van der Waals surface area contributed by atoms with E-state index in [4.69, 9.17) is 10.2 Å². The molecule has 0 bridgehead atoms. The molecule has 4 aromatic carbocycles. The first kappa shape index (κ1) is 34.2. The fourth-order valence-corrected chi connectivity index (χ4v) is 10.3. The van der Waals surface area contributed by atoms with E-state index in [1.165, 1.54) is 33.4 Å². The summed E-state index contributed by atoms with van der Waals surface area (Å²) in [7, 11) is 0. The molecule has 3 aromatic heterocycles. The molecule has 7 rings (SSSR count). The number of aromatic nitrogens is 3. The quantitative estimate of drug-likeness (QED) is 0.0541. The number of aryl methyl sites for hydroxylation is 1. The van der Waals surface area contributed by atoms with Crippen LogP contribution in [0.4, 0.5) is 17.1 Å². The Morgan fingerprint density at radius 3 is 1.88 bits per heavy atom. The predicted molar refractivity (Wildman–Crippen MR) is 208 cm³/mol. The molecular weight excluding hydrogens is 764 g/mol. The molecule has 0 aliphatic rings. The molecule has 0 radical (unpaired) electrons. The number of nitriles is 1. The summed E-state index contributed by atoms with van der Waals surface area (Å²) in [6, 6.07) is 44.2. The molecule has 0 saturated carbocycles. The second kappa shape index (κ2) is 15.8. The molecule has 7 aromatic rings. The van der Waals surface area contributed by atoms with Gasteiger partial charge in [0.1, 0.15) is 0 Å². The number of benzene rings is 4. The van der Waals surface area contributed by atoms with Gasteiger partial charge >= 0.3 is 311 Å². The van der Waals surface area contributed by atoms with Gasteiger partial charge in [0.15, 0.2) is 0 Å². The van der Waals surface area contributed by atoms with Crippen molar-refractivity contribution in [3.8, 4) is 36.1 Å². The van der Waals surface area contributed by atoms with E-state index >= 15 is 0 Å². The van der Waals surface area contributed by atoms with Crippen LogP contribution in [0.15, 0.2) is 127 Å². The molecule has 3 heterocycles. The van der Waals surface area contributed by atoms with Crippen molar-refractivity contribution in [3.63, 3.8) is 0 Å². The number of carboxylic acid groups (broad SMARTS) is 1. The van der Waals surface area contributed by atoms with E-state index in [-0.39, 0.29) is 34.6 Å². The van der Waals surface area contributed by atoms with Gasteiger partial charge in [-0.15, -0.1) is 0 Å². The van der Waals surface area contributed by atoms with Crippen LogP contribution in [0.2, 0.25) is 0 Å². The van der Waals surface area contributed by atoms with Gasteiger partial charge in [0.05, 0.1) is 0 Å². The van der Waals surface area contributed by atoms with E-state index in [2.05, 4.69) is 109 Å². The van der Waals surface area contributed by atoms with Crippen LogP contribution in [0, 0.1) is 11.3 Å². The summed E-state index contributed by atoms with van der Waals surface area (Å²) in [6.07, 6.45) is 6.01. The van der Waals surface area contributed by atoms with E-state index in [0.29, 0.717) is 0 Å². The van der Waals surface area contributed by atoms with E-state index in [9.17, 15) is 15.2 Å². The van der Waals surface area contributed by atoms with Crippen LogP contribution in [0.5, 0.6) is 0 Å². The minimum absolute atomic E-state index is 0.0695. The third-order valence-corrected chi connectivity index (χ3v) is 13.3. The van der Waals surface area contributed by atoms with Gasteiger partial charge < -0.3 is 0 Å². The molecule has 51 heavy (non-hydrogen) atoms. The van der Waals surface area contributed by atoms with Crippen molar-refractivity contribution in [2.45, 2.75) is 39.2 Å². The Bertz CT molecular complexity index is 2310. The molecule has 0 amide bonds. The molecule has 0 saturated heterocycles. The van der Waals surface area contributed by atoms with Gasteiger partial charge in [-0.3, -0.25) is 0 Å². The van der Waals surface area contributed by atoms with Gasteiger partial charge in [0, 0.05) is 0 Å². The van der Waals surface area contributed by atoms with Gasteiger partial charge in [-0.25, -0.2) is 0 Å². The maximum atomic E-state index is 11.4. The SMILES string of the molecule is CCCCCCn1nc2c(-c3ccc(/C=C(\C#N)C(=O)O)[se]3)ccc(-c3ccc(-c4ccc(N(c5ccccc5)c5ccccc5)cc4)[se]3)c2n1. The van der Waals surface area contributed by atoms with Crippen LogP contribution < -0.4 is 4.90 Å². The normalized spacial score (nSPS) is 11.5. The van der Waals surface area contributed by atoms with Crippen LogP contribution in [-0.2, 0) is 11.3 Å². The van der Waals surface area contributed by atoms with Crippen LogP contribution in [0.3, 0.4) is 0 Å². The molecule has 0 atom stereocenters. The number of anilines is 3. The Morgan fingerprint density at radius 1 is 0.725 bits per heavy atom. The number of nitrogens with zero attached hydrogens (tertiary/aromatic N) is 5. The third kappa shape index (κ3) is 7.61. The molecule has 0 unspecified atom stereocenters. The first-order valence-electron chi connectivity index (χ1n) is 17.0. The molecule has 0 aliphatic heterocycles. The first-order valence-corrected chi connectivity index (χ1v) is 20.4. The van der Waals surface area contributed by atoms with Crippen LogP contribution in [0.1, 0.15) is 37.0 Å². The second-order valence-electron chi connectivity index (χ2n) is 12.1. The second-order valence-corrected chi connectivity index (χ2v) is 16.7. The number of hydrogen-bond donors (Lipinski definition) is 1. The minimum atomic E-state index is -1.21. The van der Waals surface area contributed by atoms with Crippen LogP contribution >= 0.6 is 0 Å². The van der Waals surface area contributed by atoms with Crippen molar-refractivity contribution < 1.29 is 9.90 Å². The van der Waals surface area contributed by atoms with Crippen molar-refractivity contribution in [1.82, 2.24) is 15.0 Å². The zero-order valence-corrected chi connectivity index (χ0v) is 31.5. The van der Waals surface area contributed by atoms with Gasteiger partial charge in [-0.2, -0.15) is 0 Å². The molecular formula is C42H35N5O2Se2. The maximum absolute atomic E-state index is 11.4. The fraction of sp³-hybridized carbons (Fsp3) is 0.143. The molecule has 0 fully saturated rings. The van der Waals surface area contributed by atoms with E-state index in [0.717, 1.165) is 67.5 Å². The van der Waals surface area contributed by atoms with Gasteiger partial charge in [0.25, 0.3) is 0 Å². The van der Waals surface area contributed by atoms with Crippen molar-refractivity contribution >= 4 is 69.1 Å². The Kier molecular flexibility index (Phi) is 10.6. The number of unbranched alkanes of at least 4 members (excludes halogenated alkanes) is 3. The molecule has 0 spiro atoms. The Labute approximate surface area is 309 Å². The number of carbonyl (C=O) groups is 1. The first-order chi connectivity index (χ1) is 25.0. The number of aliphatic carboxylic acids is 1. The predicted octanol–water partition coefficient (Wildman–Crippen LogP) is 9.59. The Balaban J connectivity index is 1.22. The third-order valence-electron chi connectivity index (χ3n) is 8.63. The van der Waals surface area contributed by atoms with Crippen LogP contribution in [-0.4, -0.2) is 55.1 Å². The van der Waals surface area contributed by atoms with E-state index in [1.54, 1.807) is 6.07 Å². The monoisotopic (exact) mass is 801 g/mol. The molecule has 9 heteroatoms. The van der Waals surface area contributed by atoms with Crippen molar-refractivity contribution in [2.75, 3.05) is 4.90 Å². The van der Waals surface area contributed by atoms with Crippen molar-refractivity contribution in [3.05, 3.63) is 131 Å². The van der Waals surface area contributed by atoms with Crippen LogP contribution in [0.25, 0.3) is 47.1 Å². The summed E-state index contributed by atoms with van der Waals surface area (Å²) in [5.41, 5.74) is 8.16. The van der Waals surface area contributed by atoms with Crippen molar-refractivity contribution in [1.29, 1.82) is 5.26 Å². The average Bonchev–Trinajstić information content (AvgIpc) is 3.94. The summed E-state index contributed by atoms with van der Waals surface area (Å²) in [4.78, 5) is 15.6. The number of hydrogen-bond acceptors (Lipinski definition) is 5. The average molecular weight is 800 g/mol. The Morgan fingerprint density at radius 2 is 1.29 bits per heavy atom.